The summed E-state index contributed by atoms with van der Waals surface area (Å²) < 4.78 is 24.3. The smallest absolute Gasteiger partial charge is 0.357 e. The minimum absolute atomic E-state index is 0.0103. The monoisotopic (exact) mass is 394 g/mol. The minimum atomic E-state index is -0.566. The van der Waals surface area contributed by atoms with Crippen LogP contribution in [0, 0.1) is 5.82 Å². The van der Waals surface area contributed by atoms with E-state index in [2.05, 4.69) is 4.98 Å². The number of ether oxygens (including phenoxy) is 2. The van der Waals surface area contributed by atoms with E-state index >= 15 is 0 Å². The van der Waals surface area contributed by atoms with E-state index in [1.54, 1.807) is 18.4 Å². The zero-order chi connectivity index (χ0) is 19.6. The first kappa shape index (κ1) is 21.0. The molecule has 0 saturated carbocycles. The lowest BCUT2D eigenvalue weighted by atomic mass is 10.2. The van der Waals surface area contributed by atoms with Gasteiger partial charge in [0.15, 0.2) is 5.69 Å². The molecule has 0 N–H and O–H groups in total. The van der Waals surface area contributed by atoms with Crippen LogP contribution in [-0.2, 0) is 16.0 Å². The SMILES string of the molecule is CCOCCCN(Cc1nc(C(=O)OCC)cs1)C(=O)c1ccccc1F. The van der Waals surface area contributed by atoms with Crippen molar-refractivity contribution in [2.24, 2.45) is 0 Å². The third-order valence-electron chi connectivity index (χ3n) is 3.67. The summed E-state index contributed by atoms with van der Waals surface area (Å²) in [5.41, 5.74) is 0.223. The van der Waals surface area contributed by atoms with Gasteiger partial charge in [0.1, 0.15) is 10.8 Å². The second kappa shape index (κ2) is 10.7. The van der Waals surface area contributed by atoms with E-state index in [0.29, 0.717) is 31.2 Å². The molecule has 146 valence electrons. The fourth-order valence-electron chi connectivity index (χ4n) is 2.40. The predicted octanol–water partition coefficient (Wildman–Crippen LogP) is 3.53. The third-order valence-corrected chi connectivity index (χ3v) is 4.51. The lowest BCUT2D eigenvalue weighted by Crippen LogP contribution is -2.32. The van der Waals surface area contributed by atoms with E-state index in [-0.39, 0.29) is 24.4 Å². The van der Waals surface area contributed by atoms with Crippen LogP contribution >= 0.6 is 11.3 Å². The minimum Gasteiger partial charge on any atom is -0.461 e. The molecular weight excluding hydrogens is 371 g/mol. The molecule has 0 saturated heterocycles. The van der Waals surface area contributed by atoms with E-state index in [1.165, 1.54) is 34.4 Å². The molecule has 1 aromatic heterocycles. The molecule has 1 aromatic carbocycles. The van der Waals surface area contributed by atoms with Crippen molar-refractivity contribution in [3.63, 3.8) is 0 Å². The first-order valence-electron chi connectivity index (χ1n) is 8.79. The van der Waals surface area contributed by atoms with Crippen molar-refractivity contribution < 1.29 is 23.5 Å². The number of carbonyl (C=O) groups excluding carboxylic acids is 2. The average Bonchev–Trinajstić information content (AvgIpc) is 3.13. The van der Waals surface area contributed by atoms with Crippen molar-refractivity contribution in [3.8, 4) is 0 Å². The molecule has 6 nitrogen and oxygen atoms in total. The molecule has 0 aliphatic rings. The number of nitrogens with zero attached hydrogens (tertiary/aromatic N) is 2. The highest BCUT2D eigenvalue weighted by molar-refractivity contribution is 7.09. The number of amides is 1. The van der Waals surface area contributed by atoms with Crippen molar-refractivity contribution in [1.29, 1.82) is 0 Å². The lowest BCUT2D eigenvalue weighted by molar-refractivity contribution is 0.0520. The summed E-state index contributed by atoms with van der Waals surface area (Å²) in [5.74, 6) is -1.48. The topological polar surface area (TPSA) is 68.7 Å². The maximum atomic E-state index is 14.0. The Balaban J connectivity index is 2.13. The number of hydrogen-bond donors (Lipinski definition) is 0. The molecule has 0 aliphatic carbocycles. The number of esters is 1. The summed E-state index contributed by atoms with van der Waals surface area (Å²) >= 11 is 1.26. The Kier molecular flexibility index (Phi) is 8.35. The molecule has 0 bridgehead atoms. The maximum Gasteiger partial charge on any atom is 0.357 e. The van der Waals surface area contributed by atoms with Gasteiger partial charge in [0.25, 0.3) is 5.91 Å². The highest BCUT2D eigenvalue weighted by Gasteiger charge is 2.21. The Labute approximate surface area is 161 Å². The standard InChI is InChI=1S/C19H23FN2O4S/c1-3-25-11-7-10-22(18(23)14-8-5-6-9-15(14)20)12-17-21-16(13-27-17)19(24)26-4-2/h5-6,8-9,13H,3-4,7,10-12H2,1-2H3. The largest absolute Gasteiger partial charge is 0.461 e. The molecule has 1 amide bonds. The summed E-state index contributed by atoms with van der Waals surface area (Å²) in [4.78, 5) is 30.3. The summed E-state index contributed by atoms with van der Waals surface area (Å²) in [6.07, 6.45) is 0.615. The van der Waals surface area contributed by atoms with E-state index in [9.17, 15) is 14.0 Å². The molecule has 27 heavy (non-hydrogen) atoms. The molecule has 0 fully saturated rings. The molecule has 8 heteroatoms. The van der Waals surface area contributed by atoms with Crippen molar-refractivity contribution in [2.75, 3.05) is 26.4 Å². The maximum absolute atomic E-state index is 14.0. The van der Waals surface area contributed by atoms with Crippen LogP contribution in [0.15, 0.2) is 29.6 Å². The van der Waals surface area contributed by atoms with Gasteiger partial charge in [0.05, 0.1) is 18.7 Å². The number of benzene rings is 1. The first-order valence-corrected chi connectivity index (χ1v) is 9.67. The van der Waals surface area contributed by atoms with Gasteiger partial charge in [-0.1, -0.05) is 12.1 Å². The van der Waals surface area contributed by atoms with Crippen LogP contribution in [0.4, 0.5) is 4.39 Å². The zero-order valence-corrected chi connectivity index (χ0v) is 16.3. The van der Waals surface area contributed by atoms with Gasteiger partial charge in [0, 0.05) is 25.1 Å². The van der Waals surface area contributed by atoms with Crippen LogP contribution in [0.2, 0.25) is 0 Å². The van der Waals surface area contributed by atoms with Gasteiger partial charge in [0.2, 0.25) is 0 Å². The van der Waals surface area contributed by atoms with Crippen LogP contribution < -0.4 is 0 Å². The van der Waals surface area contributed by atoms with Crippen molar-refractivity contribution in [2.45, 2.75) is 26.8 Å². The van der Waals surface area contributed by atoms with Gasteiger partial charge in [-0.15, -0.1) is 11.3 Å². The zero-order valence-electron chi connectivity index (χ0n) is 15.4. The highest BCUT2D eigenvalue weighted by atomic mass is 32.1. The molecule has 0 aliphatic heterocycles. The van der Waals surface area contributed by atoms with E-state index in [4.69, 9.17) is 9.47 Å². The van der Waals surface area contributed by atoms with Gasteiger partial charge in [-0.2, -0.15) is 0 Å². The number of thiazole rings is 1. The number of halogens is 1. The van der Waals surface area contributed by atoms with E-state index < -0.39 is 17.7 Å². The summed E-state index contributed by atoms with van der Waals surface area (Å²) in [5, 5.41) is 2.18. The average molecular weight is 394 g/mol. The van der Waals surface area contributed by atoms with Gasteiger partial charge in [-0.3, -0.25) is 4.79 Å². The Morgan fingerprint density at radius 2 is 2.00 bits per heavy atom. The van der Waals surface area contributed by atoms with Crippen molar-refractivity contribution in [1.82, 2.24) is 9.88 Å². The van der Waals surface area contributed by atoms with Crippen molar-refractivity contribution >= 4 is 23.2 Å². The van der Waals surface area contributed by atoms with Crippen LogP contribution in [0.25, 0.3) is 0 Å². The molecule has 0 radical (unpaired) electrons. The number of rotatable bonds is 10. The summed E-state index contributed by atoms with van der Waals surface area (Å²) in [6, 6.07) is 5.88. The highest BCUT2D eigenvalue weighted by Crippen LogP contribution is 2.17. The Morgan fingerprint density at radius 3 is 2.70 bits per heavy atom. The Bertz CT molecular complexity index is 766. The molecule has 2 rings (SSSR count). The molecule has 0 atom stereocenters. The fraction of sp³-hybridized carbons (Fsp3) is 0.421. The van der Waals surface area contributed by atoms with Crippen LogP contribution in [0.1, 0.15) is 46.1 Å². The second-order valence-corrected chi connectivity index (χ2v) is 6.55. The number of hydrogen-bond acceptors (Lipinski definition) is 6. The van der Waals surface area contributed by atoms with Gasteiger partial charge < -0.3 is 14.4 Å². The van der Waals surface area contributed by atoms with E-state index in [0.717, 1.165) is 0 Å². The second-order valence-electron chi connectivity index (χ2n) is 5.60. The molecule has 0 unspecified atom stereocenters. The molecular formula is C19H23FN2O4S. The quantitative estimate of drug-likeness (QED) is 0.455. The lowest BCUT2D eigenvalue weighted by Gasteiger charge is -2.22. The predicted molar refractivity (Wildman–Crippen MR) is 100 cm³/mol. The Hall–Kier alpha value is -2.32. The molecule has 1 heterocycles. The number of carbonyl (C=O) groups is 2. The van der Waals surface area contributed by atoms with Crippen LogP contribution in [0.3, 0.4) is 0 Å². The first-order chi connectivity index (χ1) is 13.1. The van der Waals surface area contributed by atoms with E-state index in [1.807, 2.05) is 6.92 Å². The van der Waals surface area contributed by atoms with Crippen molar-refractivity contribution in [3.05, 3.63) is 51.7 Å². The molecule has 2 aromatic rings. The fourth-order valence-corrected chi connectivity index (χ4v) is 3.18. The third kappa shape index (κ3) is 6.11. The van der Waals surface area contributed by atoms with Crippen LogP contribution in [0.5, 0.6) is 0 Å². The Morgan fingerprint density at radius 1 is 1.22 bits per heavy atom. The van der Waals surface area contributed by atoms with Gasteiger partial charge >= 0.3 is 5.97 Å². The number of aromatic nitrogens is 1. The normalized spacial score (nSPS) is 10.6. The summed E-state index contributed by atoms with van der Waals surface area (Å²) in [6.45, 7) is 5.55. The van der Waals surface area contributed by atoms with Gasteiger partial charge in [-0.05, 0) is 32.4 Å². The van der Waals surface area contributed by atoms with Gasteiger partial charge in [-0.25, -0.2) is 14.2 Å². The molecule has 0 spiro atoms. The van der Waals surface area contributed by atoms with Crippen LogP contribution in [-0.4, -0.2) is 48.1 Å². The summed E-state index contributed by atoms with van der Waals surface area (Å²) in [7, 11) is 0.